The number of amides is 2. The molecule has 2 amide bonds. The van der Waals surface area contributed by atoms with Crippen molar-refractivity contribution in [1.82, 2.24) is 10.2 Å². The second-order valence-electron chi connectivity index (χ2n) is 11.8. The van der Waals surface area contributed by atoms with Crippen LogP contribution in [0, 0.1) is 6.92 Å². The number of halogens is 1. The number of sulfonamides is 1. The number of hydrogen-bond acceptors (Lipinski definition) is 5. The van der Waals surface area contributed by atoms with Crippen LogP contribution in [0.25, 0.3) is 0 Å². The van der Waals surface area contributed by atoms with Crippen molar-refractivity contribution in [2.24, 2.45) is 0 Å². The molecule has 4 aromatic rings. The summed E-state index contributed by atoms with van der Waals surface area (Å²) in [5.74, 6) is -0.202. The minimum Gasteiger partial charge on any atom is -0.497 e. The number of rotatable bonds is 13. The number of ether oxygens (including phenoxy) is 1. The first kappa shape index (κ1) is 34.0. The van der Waals surface area contributed by atoms with Gasteiger partial charge in [0.2, 0.25) is 11.8 Å². The van der Waals surface area contributed by atoms with Crippen molar-refractivity contribution in [3.05, 3.63) is 125 Å². The Morgan fingerprint density at radius 1 is 0.894 bits per heavy atom. The summed E-state index contributed by atoms with van der Waals surface area (Å²) in [5, 5.41) is 3.56. The molecular weight excluding hydrogens is 634 g/mol. The maximum atomic E-state index is 14.7. The fourth-order valence-electron chi connectivity index (χ4n) is 5.87. The Kier molecular flexibility index (Phi) is 11.2. The molecule has 0 heterocycles. The quantitative estimate of drug-likeness (QED) is 0.174. The van der Waals surface area contributed by atoms with Crippen molar-refractivity contribution in [3.63, 3.8) is 0 Å². The topological polar surface area (TPSA) is 96.0 Å². The molecule has 0 radical (unpaired) electrons. The number of hydrogen-bond donors (Lipinski definition) is 1. The lowest BCUT2D eigenvalue weighted by molar-refractivity contribution is -0.140. The van der Waals surface area contributed by atoms with Crippen LogP contribution >= 0.6 is 11.6 Å². The van der Waals surface area contributed by atoms with Crippen LogP contribution < -0.4 is 14.4 Å². The van der Waals surface area contributed by atoms with Crippen molar-refractivity contribution in [3.8, 4) is 5.75 Å². The molecule has 1 fully saturated rings. The van der Waals surface area contributed by atoms with Crippen LogP contribution in [-0.4, -0.2) is 50.9 Å². The molecule has 10 heteroatoms. The SMILES string of the molecule is COc1cccc(CN(C(=O)CN(c2ccc(C)c(Cl)c2)S(=O)(=O)c2ccccc2)[C@@H](Cc2ccccc2)C(=O)NC2CCCC2)c1. The van der Waals surface area contributed by atoms with Crippen LogP contribution in [0.15, 0.2) is 108 Å². The molecule has 0 bridgehead atoms. The van der Waals surface area contributed by atoms with Gasteiger partial charge >= 0.3 is 0 Å². The van der Waals surface area contributed by atoms with E-state index in [1.165, 1.54) is 17.0 Å². The zero-order valence-corrected chi connectivity index (χ0v) is 28.2. The van der Waals surface area contributed by atoms with Gasteiger partial charge in [-0.05, 0) is 72.9 Å². The van der Waals surface area contributed by atoms with Gasteiger partial charge in [-0.1, -0.05) is 91.2 Å². The molecule has 1 N–H and O–H groups in total. The second-order valence-corrected chi connectivity index (χ2v) is 14.1. The highest BCUT2D eigenvalue weighted by Crippen LogP contribution is 2.29. The highest BCUT2D eigenvalue weighted by atomic mass is 35.5. The predicted octanol–water partition coefficient (Wildman–Crippen LogP) is 6.55. The van der Waals surface area contributed by atoms with Crippen molar-refractivity contribution < 1.29 is 22.7 Å². The Morgan fingerprint density at radius 2 is 1.55 bits per heavy atom. The number of anilines is 1. The number of nitrogens with zero attached hydrogens (tertiary/aromatic N) is 2. The molecule has 246 valence electrons. The molecule has 1 atom stereocenters. The van der Waals surface area contributed by atoms with E-state index in [0.717, 1.165) is 46.7 Å². The van der Waals surface area contributed by atoms with Gasteiger partial charge in [0.25, 0.3) is 10.0 Å². The van der Waals surface area contributed by atoms with Gasteiger partial charge in [0.05, 0.1) is 17.7 Å². The summed E-state index contributed by atoms with van der Waals surface area (Å²) in [6, 6.07) is 28.8. The molecule has 0 aromatic heterocycles. The molecule has 4 aromatic carbocycles. The van der Waals surface area contributed by atoms with Gasteiger partial charge in [0.15, 0.2) is 0 Å². The average Bonchev–Trinajstić information content (AvgIpc) is 3.60. The van der Waals surface area contributed by atoms with Gasteiger partial charge in [-0.2, -0.15) is 0 Å². The minimum absolute atomic E-state index is 0.0270. The van der Waals surface area contributed by atoms with E-state index in [2.05, 4.69) is 5.32 Å². The van der Waals surface area contributed by atoms with Crippen molar-refractivity contribution >= 4 is 39.1 Å². The minimum atomic E-state index is -4.21. The summed E-state index contributed by atoms with van der Waals surface area (Å²) in [4.78, 5) is 30.3. The summed E-state index contributed by atoms with van der Waals surface area (Å²) in [5.41, 5.74) is 2.63. The Hall–Kier alpha value is -4.34. The summed E-state index contributed by atoms with van der Waals surface area (Å²) in [6.45, 7) is 1.32. The lowest BCUT2D eigenvalue weighted by Gasteiger charge is -2.34. The Labute approximate surface area is 282 Å². The van der Waals surface area contributed by atoms with Crippen LogP contribution in [-0.2, 0) is 32.6 Å². The van der Waals surface area contributed by atoms with Crippen molar-refractivity contribution in [1.29, 1.82) is 0 Å². The van der Waals surface area contributed by atoms with Gasteiger partial charge in [-0.3, -0.25) is 13.9 Å². The van der Waals surface area contributed by atoms with Gasteiger partial charge in [0.1, 0.15) is 18.3 Å². The Morgan fingerprint density at radius 3 is 2.21 bits per heavy atom. The van der Waals surface area contributed by atoms with E-state index in [9.17, 15) is 18.0 Å². The van der Waals surface area contributed by atoms with Gasteiger partial charge in [-0.15, -0.1) is 0 Å². The number of nitrogens with one attached hydrogen (secondary N) is 1. The number of aryl methyl sites for hydroxylation is 1. The molecule has 1 saturated carbocycles. The maximum absolute atomic E-state index is 14.7. The van der Waals surface area contributed by atoms with E-state index < -0.39 is 28.5 Å². The molecule has 1 aliphatic carbocycles. The summed E-state index contributed by atoms with van der Waals surface area (Å²) in [6.07, 6.45) is 4.07. The van der Waals surface area contributed by atoms with Crippen LogP contribution in [0.1, 0.15) is 42.4 Å². The van der Waals surface area contributed by atoms with Crippen molar-refractivity contribution in [2.45, 2.75) is 62.6 Å². The van der Waals surface area contributed by atoms with Gasteiger partial charge in [-0.25, -0.2) is 8.42 Å². The zero-order chi connectivity index (χ0) is 33.4. The number of carbonyl (C=O) groups excluding carboxylic acids is 2. The smallest absolute Gasteiger partial charge is 0.264 e. The van der Waals surface area contributed by atoms with E-state index in [0.29, 0.717) is 10.8 Å². The van der Waals surface area contributed by atoms with E-state index in [-0.39, 0.29) is 35.5 Å². The number of methoxy groups -OCH3 is 1. The third kappa shape index (κ3) is 8.53. The van der Waals surface area contributed by atoms with Crippen LogP contribution in [0.2, 0.25) is 5.02 Å². The van der Waals surface area contributed by atoms with Crippen LogP contribution in [0.4, 0.5) is 5.69 Å². The second kappa shape index (κ2) is 15.5. The summed E-state index contributed by atoms with van der Waals surface area (Å²) >= 11 is 6.47. The molecule has 0 saturated heterocycles. The van der Waals surface area contributed by atoms with E-state index in [1.807, 2.05) is 55.5 Å². The highest BCUT2D eigenvalue weighted by molar-refractivity contribution is 7.92. The van der Waals surface area contributed by atoms with Crippen LogP contribution in [0.5, 0.6) is 5.75 Å². The van der Waals surface area contributed by atoms with E-state index in [1.54, 1.807) is 49.6 Å². The molecule has 5 rings (SSSR count). The number of carbonyl (C=O) groups is 2. The Bertz CT molecular complexity index is 1780. The molecular formula is C37H40ClN3O5S. The highest BCUT2D eigenvalue weighted by Gasteiger charge is 2.35. The van der Waals surface area contributed by atoms with E-state index in [4.69, 9.17) is 16.3 Å². The molecule has 8 nitrogen and oxygen atoms in total. The molecule has 47 heavy (non-hydrogen) atoms. The van der Waals surface area contributed by atoms with Crippen molar-refractivity contribution in [2.75, 3.05) is 18.0 Å². The standard InChI is InChI=1S/C37H40ClN3O5S/c1-27-20-21-31(24-34(27)38)41(47(44,45)33-18-7-4-8-19-33)26-36(42)40(25-29-14-11-17-32(22-29)46-2)35(23-28-12-5-3-6-13-28)37(43)39-30-15-9-10-16-30/h3-8,11-14,17-22,24,30,35H,9-10,15-16,23,25-26H2,1-2H3,(H,39,43)/t35-/m0/s1. The molecule has 1 aliphatic rings. The van der Waals surface area contributed by atoms with Gasteiger partial charge in [0, 0.05) is 24.0 Å². The molecule has 0 unspecified atom stereocenters. The fourth-order valence-corrected chi connectivity index (χ4v) is 7.48. The third-order valence-corrected chi connectivity index (χ3v) is 10.7. The summed E-state index contributed by atoms with van der Waals surface area (Å²) in [7, 11) is -2.65. The fraction of sp³-hybridized carbons (Fsp3) is 0.297. The average molecular weight is 674 g/mol. The van der Waals surface area contributed by atoms with E-state index >= 15 is 0 Å². The third-order valence-electron chi connectivity index (χ3n) is 8.51. The molecule has 0 aliphatic heterocycles. The maximum Gasteiger partial charge on any atom is 0.264 e. The normalized spacial score (nSPS) is 13.9. The summed E-state index contributed by atoms with van der Waals surface area (Å²) < 4.78 is 34.9. The first-order chi connectivity index (χ1) is 22.7. The molecule has 0 spiro atoms. The largest absolute Gasteiger partial charge is 0.497 e. The van der Waals surface area contributed by atoms with Gasteiger partial charge < -0.3 is 15.0 Å². The monoisotopic (exact) mass is 673 g/mol. The number of benzene rings is 4. The lowest BCUT2D eigenvalue weighted by atomic mass is 10.0. The first-order valence-corrected chi connectivity index (χ1v) is 17.6. The Balaban J connectivity index is 1.58. The first-order valence-electron chi connectivity index (χ1n) is 15.8. The lowest BCUT2D eigenvalue weighted by Crippen LogP contribution is -2.54. The van der Waals surface area contributed by atoms with Crippen LogP contribution in [0.3, 0.4) is 0 Å². The predicted molar refractivity (Wildman–Crippen MR) is 185 cm³/mol. The zero-order valence-electron chi connectivity index (χ0n) is 26.6.